The molecule has 0 spiro atoms. The third-order valence-corrected chi connectivity index (χ3v) is 6.42. The quantitative estimate of drug-likeness (QED) is 0.312. The molecule has 12 heteroatoms. The monoisotopic (exact) mass is 534 g/mol. The molecule has 0 saturated carbocycles. The number of halogens is 4. The number of pyridine rings is 1. The number of nitrogens with zero attached hydrogens (tertiary/aromatic N) is 3. The van der Waals surface area contributed by atoms with Crippen molar-refractivity contribution in [1.82, 2.24) is 9.88 Å². The molecule has 2 aromatic carbocycles. The lowest BCUT2D eigenvalue weighted by molar-refractivity contribution is -0.119. The Morgan fingerprint density at radius 1 is 1.11 bits per heavy atom. The number of aromatic nitrogens is 1. The summed E-state index contributed by atoms with van der Waals surface area (Å²) in [7, 11) is 0. The van der Waals surface area contributed by atoms with E-state index in [2.05, 4.69) is 10.3 Å². The standard InChI is InChI=1S/C24H18ClF3N4O3S/c1-14-22(34)32(16-6-8-17(9-7-16)36-24(26,27)28)23(35)31(14)13-15-10-11-29-20(12-15)30-21(33)18-4-2-3-5-19(18)25/h2-12,14H,13H2,1H3,(H,29,30,33). The highest BCUT2D eigenvalue weighted by Crippen LogP contribution is 2.38. The molecule has 1 fully saturated rings. The van der Waals surface area contributed by atoms with Crippen LogP contribution in [0.15, 0.2) is 71.8 Å². The van der Waals surface area contributed by atoms with Crippen LogP contribution in [0, 0.1) is 0 Å². The van der Waals surface area contributed by atoms with Crippen molar-refractivity contribution >= 4 is 52.7 Å². The van der Waals surface area contributed by atoms with Gasteiger partial charge in [-0.3, -0.25) is 9.59 Å². The van der Waals surface area contributed by atoms with Crippen molar-refractivity contribution in [2.24, 2.45) is 0 Å². The number of amides is 4. The number of urea groups is 1. The molecule has 1 aliphatic heterocycles. The van der Waals surface area contributed by atoms with Crippen molar-refractivity contribution in [3.05, 3.63) is 83.0 Å². The molecule has 7 nitrogen and oxygen atoms in total. The Balaban J connectivity index is 1.48. The Kier molecular flexibility index (Phi) is 7.23. The molecule has 2 heterocycles. The summed E-state index contributed by atoms with van der Waals surface area (Å²) in [5.74, 6) is -0.723. The van der Waals surface area contributed by atoms with E-state index < -0.39 is 29.4 Å². The van der Waals surface area contributed by atoms with Crippen molar-refractivity contribution in [3.8, 4) is 0 Å². The van der Waals surface area contributed by atoms with Gasteiger partial charge in [0.05, 0.1) is 16.3 Å². The second kappa shape index (κ2) is 10.2. The van der Waals surface area contributed by atoms with Gasteiger partial charge in [0.2, 0.25) is 0 Å². The molecule has 1 N–H and O–H groups in total. The van der Waals surface area contributed by atoms with Crippen LogP contribution in [-0.2, 0) is 11.3 Å². The normalized spacial score (nSPS) is 16.0. The third kappa shape index (κ3) is 5.63. The molecule has 4 rings (SSSR count). The Morgan fingerprint density at radius 3 is 2.47 bits per heavy atom. The summed E-state index contributed by atoms with van der Waals surface area (Å²) in [6, 6.07) is 13.3. The van der Waals surface area contributed by atoms with E-state index in [-0.39, 0.29) is 45.3 Å². The number of hydrogen-bond acceptors (Lipinski definition) is 5. The predicted molar refractivity (Wildman–Crippen MR) is 130 cm³/mol. The third-order valence-electron chi connectivity index (χ3n) is 5.35. The highest BCUT2D eigenvalue weighted by molar-refractivity contribution is 8.00. The maximum Gasteiger partial charge on any atom is 0.446 e. The van der Waals surface area contributed by atoms with Gasteiger partial charge in [-0.05, 0) is 72.8 Å². The number of alkyl halides is 3. The zero-order valence-corrected chi connectivity index (χ0v) is 20.2. The molecular weight excluding hydrogens is 517 g/mol. The van der Waals surface area contributed by atoms with Crippen LogP contribution in [0.5, 0.6) is 0 Å². The maximum absolute atomic E-state index is 13.1. The van der Waals surface area contributed by atoms with Gasteiger partial charge in [-0.25, -0.2) is 14.7 Å². The number of anilines is 2. The fourth-order valence-electron chi connectivity index (χ4n) is 3.61. The second-order valence-corrected chi connectivity index (χ2v) is 9.33. The molecule has 36 heavy (non-hydrogen) atoms. The molecule has 3 aromatic rings. The zero-order chi connectivity index (χ0) is 26.0. The summed E-state index contributed by atoms with van der Waals surface area (Å²) >= 11 is 5.78. The van der Waals surface area contributed by atoms with Gasteiger partial charge in [-0.2, -0.15) is 13.2 Å². The first-order valence-corrected chi connectivity index (χ1v) is 11.7. The number of nitrogens with one attached hydrogen (secondary N) is 1. The van der Waals surface area contributed by atoms with Crippen LogP contribution < -0.4 is 10.2 Å². The van der Waals surface area contributed by atoms with Crippen LogP contribution in [0.25, 0.3) is 0 Å². The lowest BCUT2D eigenvalue weighted by Gasteiger charge is -2.20. The highest BCUT2D eigenvalue weighted by atomic mass is 35.5. The molecule has 186 valence electrons. The maximum atomic E-state index is 13.1. The van der Waals surface area contributed by atoms with Crippen LogP contribution >= 0.6 is 23.4 Å². The molecule has 4 amide bonds. The Bertz CT molecular complexity index is 1320. The van der Waals surface area contributed by atoms with Crippen molar-refractivity contribution in [2.45, 2.75) is 29.9 Å². The average molecular weight is 535 g/mol. The van der Waals surface area contributed by atoms with Crippen molar-refractivity contribution in [3.63, 3.8) is 0 Å². The number of thioether (sulfide) groups is 1. The Morgan fingerprint density at radius 2 is 1.81 bits per heavy atom. The fourth-order valence-corrected chi connectivity index (χ4v) is 4.38. The summed E-state index contributed by atoms with van der Waals surface area (Å²) in [5.41, 5.74) is -3.39. The van der Waals surface area contributed by atoms with Gasteiger partial charge in [0, 0.05) is 17.6 Å². The van der Waals surface area contributed by atoms with Crippen LogP contribution in [0.4, 0.5) is 29.5 Å². The summed E-state index contributed by atoms with van der Waals surface area (Å²) in [4.78, 5) is 44.8. The summed E-state index contributed by atoms with van der Waals surface area (Å²) in [6.07, 6.45) is 1.46. The second-order valence-electron chi connectivity index (χ2n) is 7.79. The number of imide groups is 1. The molecule has 1 aliphatic rings. The largest absolute Gasteiger partial charge is 0.446 e. The SMILES string of the molecule is CC1C(=O)N(c2ccc(SC(F)(F)F)cc2)C(=O)N1Cc1ccnc(NC(=O)c2ccccc2Cl)c1. The lowest BCUT2D eigenvalue weighted by atomic mass is 10.2. The van der Waals surface area contributed by atoms with Gasteiger partial charge >= 0.3 is 11.5 Å². The zero-order valence-electron chi connectivity index (χ0n) is 18.6. The molecule has 1 unspecified atom stereocenters. The van der Waals surface area contributed by atoms with E-state index in [1.54, 1.807) is 43.3 Å². The van der Waals surface area contributed by atoms with Gasteiger partial charge in [0.1, 0.15) is 11.9 Å². The van der Waals surface area contributed by atoms with Gasteiger partial charge in [0.15, 0.2) is 0 Å². The molecule has 1 saturated heterocycles. The fraction of sp³-hybridized carbons (Fsp3) is 0.167. The van der Waals surface area contributed by atoms with E-state index in [0.717, 1.165) is 4.90 Å². The van der Waals surface area contributed by atoms with Gasteiger partial charge in [-0.1, -0.05) is 23.7 Å². The van der Waals surface area contributed by atoms with E-state index in [1.807, 2.05) is 0 Å². The number of rotatable bonds is 6. The minimum absolute atomic E-state index is 0.0434. The smallest absolute Gasteiger partial charge is 0.308 e. The first-order valence-electron chi connectivity index (χ1n) is 10.5. The van der Waals surface area contributed by atoms with E-state index >= 15 is 0 Å². The van der Waals surface area contributed by atoms with Crippen molar-refractivity contribution in [1.29, 1.82) is 0 Å². The molecule has 0 bridgehead atoms. The van der Waals surface area contributed by atoms with E-state index in [1.165, 1.54) is 35.4 Å². The van der Waals surface area contributed by atoms with E-state index in [9.17, 15) is 27.6 Å². The van der Waals surface area contributed by atoms with Crippen molar-refractivity contribution in [2.75, 3.05) is 10.2 Å². The summed E-state index contributed by atoms with van der Waals surface area (Å²) in [5, 5.41) is 2.94. The molecule has 0 aliphatic carbocycles. The van der Waals surface area contributed by atoms with Gasteiger partial charge in [0.25, 0.3) is 11.8 Å². The minimum Gasteiger partial charge on any atom is -0.308 e. The number of carbonyl (C=O) groups is 3. The number of carbonyl (C=O) groups excluding carboxylic acids is 3. The van der Waals surface area contributed by atoms with E-state index in [0.29, 0.717) is 5.56 Å². The Labute approximate surface area is 213 Å². The Hall–Kier alpha value is -3.57. The highest BCUT2D eigenvalue weighted by Gasteiger charge is 2.43. The minimum atomic E-state index is -4.44. The lowest BCUT2D eigenvalue weighted by Crippen LogP contribution is -2.33. The van der Waals surface area contributed by atoms with E-state index in [4.69, 9.17) is 11.6 Å². The summed E-state index contributed by atoms with van der Waals surface area (Å²) < 4.78 is 37.7. The topological polar surface area (TPSA) is 82.6 Å². The van der Waals surface area contributed by atoms with Crippen LogP contribution in [0.2, 0.25) is 5.02 Å². The number of hydrogen-bond donors (Lipinski definition) is 1. The molecule has 0 radical (unpaired) electrons. The molecule has 1 atom stereocenters. The molecule has 1 aromatic heterocycles. The van der Waals surface area contributed by atoms with Crippen LogP contribution in [-0.4, -0.2) is 39.3 Å². The average Bonchev–Trinajstić information content (AvgIpc) is 3.02. The van der Waals surface area contributed by atoms with Crippen LogP contribution in [0.1, 0.15) is 22.8 Å². The number of benzene rings is 2. The predicted octanol–water partition coefficient (Wildman–Crippen LogP) is 5.96. The first kappa shape index (κ1) is 25.5. The first-order chi connectivity index (χ1) is 17.0. The van der Waals surface area contributed by atoms with Crippen molar-refractivity contribution < 1.29 is 27.6 Å². The van der Waals surface area contributed by atoms with Gasteiger partial charge in [-0.15, -0.1) is 0 Å². The molecular formula is C24H18ClF3N4O3S. The van der Waals surface area contributed by atoms with Crippen LogP contribution in [0.3, 0.4) is 0 Å². The summed E-state index contributed by atoms with van der Waals surface area (Å²) in [6.45, 7) is 1.61. The van der Waals surface area contributed by atoms with Gasteiger partial charge < -0.3 is 10.2 Å².